The molecule has 14 heavy (non-hydrogen) atoms. The maximum absolute atomic E-state index is 5.21. The van der Waals surface area contributed by atoms with Crippen LogP contribution in [0.25, 0.3) is 0 Å². The zero-order chi connectivity index (χ0) is 10.1. The van der Waals surface area contributed by atoms with Gasteiger partial charge in [-0.3, -0.25) is 5.10 Å². The number of H-pyrrole nitrogens is 1. The van der Waals surface area contributed by atoms with E-state index in [1.54, 1.807) is 0 Å². The molecule has 0 radical (unpaired) electrons. The maximum atomic E-state index is 5.21. The van der Waals surface area contributed by atoms with Gasteiger partial charge in [0.15, 0.2) is 4.77 Å². The van der Waals surface area contributed by atoms with Gasteiger partial charge in [-0.15, -0.1) is 0 Å². The summed E-state index contributed by atoms with van der Waals surface area (Å²) in [5, 5.41) is 7.19. The standard InChI is InChI=1S/C10H17N3S/c1-7(2)3-6-9-11-12-10(14)13(9)8-4-5-8/h7-8H,3-6H2,1-2H3,(H,12,14). The molecule has 78 valence electrons. The molecule has 1 aromatic heterocycles. The van der Waals surface area contributed by atoms with E-state index < -0.39 is 0 Å². The van der Waals surface area contributed by atoms with E-state index in [9.17, 15) is 0 Å². The van der Waals surface area contributed by atoms with Crippen LogP contribution in [-0.2, 0) is 6.42 Å². The van der Waals surface area contributed by atoms with Crippen LogP contribution in [-0.4, -0.2) is 14.8 Å². The monoisotopic (exact) mass is 211 g/mol. The first kappa shape index (κ1) is 9.90. The summed E-state index contributed by atoms with van der Waals surface area (Å²) >= 11 is 5.21. The number of nitrogens with one attached hydrogen (secondary N) is 1. The number of nitrogens with zero attached hydrogens (tertiary/aromatic N) is 2. The van der Waals surface area contributed by atoms with Crippen molar-refractivity contribution in [2.45, 2.75) is 45.6 Å². The maximum Gasteiger partial charge on any atom is 0.195 e. The topological polar surface area (TPSA) is 33.6 Å². The van der Waals surface area contributed by atoms with Crippen molar-refractivity contribution in [1.82, 2.24) is 14.8 Å². The van der Waals surface area contributed by atoms with Crippen LogP contribution < -0.4 is 0 Å². The van der Waals surface area contributed by atoms with E-state index in [2.05, 4.69) is 28.6 Å². The van der Waals surface area contributed by atoms with Gasteiger partial charge in [0, 0.05) is 12.5 Å². The van der Waals surface area contributed by atoms with E-state index in [0.717, 1.165) is 22.9 Å². The van der Waals surface area contributed by atoms with Crippen LogP contribution in [0.2, 0.25) is 0 Å². The molecule has 2 rings (SSSR count). The van der Waals surface area contributed by atoms with Crippen LogP contribution in [0.3, 0.4) is 0 Å². The van der Waals surface area contributed by atoms with Gasteiger partial charge in [0.25, 0.3) is 0 Å². The fourth-order valence-electron chi connectivity index (χ4n) is 1.64. The second-order valence-corrected chi connectivity index (χ2v) is 4.87. The minimum Gasteiger partial charge on any atom is -0.301 e. The number of hydrogen-bond donors (Lipinski definition) is 1. The summed E-state index contributed by atoms with van der Waals surface area (Å²) in [7, 11) is 0. The third-order valence-corrected chi connectivity index (χ3v) is 2.92. The number of hydrogen-bond acceptors (Lipinski definition) is 2. The molecule has 3 nitrogen and oxygen atoms in total. The van der Waals surface area contributed by atoms with Gasteiger partial charge in [0.2, 0.25) is 0 Å². The second kappa shape index (κ2) is 3.85. The molecule has 0 bridgehead atoms. The first-order valence-corrected chi connectivity index (χ1v) is 5.75. The lowest BCUT2D eigenvalue weighted by atomic mass is 10.1. The number of rotatable bonds is 4. The Labute approximate surface area is 89.5 Å². The number of aryl methyl sites for hydroxylation is 1. The molecule has 0 aliphatic heterocycles. The van der Waals surface area contributed by atoms with Crippen LogP contribution in [0.4, 0.5) is 0 Å². The molecular formula is C10H17N3S. The summed E-state index contributed by atoms with van der Waals surface area (Å²) in [4.78, 5) is 0. The molecule has 0 unspecified atom stereocenters. The van der Waals surface area contributed by atoms with E-state index in [-0.39, 0.29) is 0 Å². The molecule has 1 heterocycles. The molecule has 0 amide bonds. The van der Waals surface area contributed by atoms with Crippen molar-refractivity contribution in [2.75, 3.05) is 0 Å². The Hall–Kier alpha value is -0.640. The SMILES string of the molecule is CC(C)CCc1n[nH]c(=S)n1C1CC1. The van der Waals surface area contributed by atoms with Gasteiger partial charge >= 0.3 is 0 Å². The third kappa shape index (κ3) is 2.05. The fraction of sp³-hybridized carbons (Fsp3) is 0.800. The van der Waals surface area contributed by atoms with Gasteiger partial charge in [0.05, 0.1) is 0 Å². The van der Waals surface area contributed by atoms with Gasteiger partial charge in [0.1, 0.15) is 5.82 Å². The predicted molar refractivity (Wildman–Crippen MR) is 58.8 cm³/mol. The lowest BCUT2D eigenvalue weighted by molar-refractivity contribution is 0.554. The van der Waals surface area contributed by atoms with Crippen molar-refractivity contribution in [3.05, 3.63) is 10.6 Å². The average molecular weight is 211 g/mol. The van der Waals surface area contributed by atoms with Gasteiger partial charge in [-0.2, -0.15) is 5.10 Å². The molecule has 1 aromatic rings. The van der Waals surface area contributed by atoms with Gasteiger partial charge in [-0.25, -0.2) is 0 Å². The highest BCUT2D eigenvalue weighted by Gasteiger charge is 2.26. The molecule has 4 heteroatoms. The van der Waals surface area contributed by atoms with Crippen molar-refractivity contribution >= 4 is 12.2 Å². The molecule has 1 fully saturated rings. The Morgan fingerprint density at radius 3 is 2.86 bits per heavy atom. The van der Waals surface area contributed by atoms with E-state index in [4.69, 9.17) is 12.2 Å². The molecule has 0 aromatic carbocycles. The minimum atomic E-state index is 0.642. The highest BCUT2D eigenvalue weighted by atomic mass is 32.1. The number of aromatic amines is 1. The third-order valence-electron chi connectivity index (χ3n) is 2.63. The van der Waals surface area contributed by atoms with Crippen molar-refractivity contribution in [3.63, 3.8) is 0 Å². The molecule has 1 aliphatic rings. The fourth-order valence-corrected chi connectivity index (χ4v) is 1.94. The Kier molecular flexibility index (Phi) is 2.72. The molecule has 1 saturated carbocycles. The van der Waals surface area contributed by atoms with Gasteiger partial charge in [-0.1, -0.05) is 13.8 Å². The highest BCUT2D eigenvalue weighted by molar-refractivity contribution is 7.71. The Balaban J connectivity index is 2.12. The largest absolute Gasteiger partial charge is 0.301 e. The minimum absolute atomic E-state index is 0.642. The molecule has 0 spiro atoms. The molecule has 0 saturated heterocycles. The summed E-state index contributed by atoms with van der Waals surface area (Å²) in [6, 6.07) is 0.642. The predicted octanol–water partition coefficient (Wildman–Crippen LogP) is 2.86. The van der Waals surface area contributed by atoms with Crippen LogP contribution in [0.5, 0.6) is 0 Å². The van der Waals surface area contributed by atoms with Crippen molar-refractivity contribution in [1.29, 1.82) is 0 Å². The molecule has 0 atom stereocenters. The Morgan fingerprint density at radius 2 is 2.29 bits per heavy atom. The Bertz CT molecular complexity index is 360. The molecule has 1 aliphatic carbocycles. The second-order valence-electron chi connectivity index (χ2n) is 4.48. The van der Waals surface area contributed by atoms with Crippen LogP contribution >= 0.6 is 12.2 Å². The summed E-state index contributed by atoms with van der Waals surface area (Å²) < 4.78 is 3.00. The molecule has 1 N–H and O–H groups in total. The average Bonchev–Trinajstić information content (AvgIpc) is 2.88. The normalized spacial score (nSPS) is 16.5. The summed E-state index contributed by atoms with van der Waals surface area (Å²) in [6.07, 6.45) is 4.76. The Morgan fingerprint density at radius 1 is 1.57 bits per heavy atom. The summed E-state index contributed by atoms with van der Waals surface area (Å²) in [5.41, 5.74) is 0. The van der Waals surface area contributed by atoms with Crippen LogP contribution in [0.15, 0.2) is 0 Å². The van der Waals surface area contributed by atoms with Gasteiger partial charge in [-0.05, 0) is 37.4 Å². The molecular weight excluding hydrogens is 194 g/mol. The van der Waals surface area contributed by atoms with Crippen LogP contribution in [0, 0.1) is 10.7 Å². The highest BCUT2D eigenvalue weighted by Crippen LogP contribution is 2.35. The van der Waals surface area contributed by atoms with Crippen molar-refractivity contribution in [3.8, 4) is 0 Å². The summed E-state index contributed by atoms with van der Waals surface area (Å²) in [5.74, 6) is 1.87. The zero-order valence-electron chi connectivity index (χ0n) is 8.79. The lowest BCUT2D eigenvalue weighted by Crippen LogP contribution is -2.03. The van der Waals surface area contributed by atoms with Crippen LogP contribution in [0.1, 0.15) is 45.0 Å². The van der Waals surface area contributed by atoms with Crippen molar-refractivity contribution in [2.24, 2.45) is 5.92 Å². The first-order valence-electron chi connectivity index (χ1n) is 5.34. The van der Waals surface area contributed by atoms with E-state index in [1.165, 1.54) is 19.3 Å². The van der Waals surface area contributed by atoms with E-state index in [1.807, 2.05) is 0 Å². The smallest absolute Gasteiger partial charge is 0.195 e. The number of aromatic nitrogens is 3. The van der Waals surface area contributed by atoms with Crippen molar-refractivity contribution < 1.29 is 0 Å². The van der Waals surface area contributed by atoms with E-state index in [0.29, 0.717) is 6.04 Å². The zero-order valence-corrected chi connectivity index (χ0v) is 9.60. The lowest BCUT2D eigenvalue weighted by Gasteiger charge is -2.06. The first-order chi connectivity index (χ1) is 6.68. The summed E-state index contributed by atoms with van der Waals surface area (Å²) in [6.45, 7) is 4.48. The van der Waals surface area contributed by atoms with E-state index >= 15 is 0 Å². The van der Waals surface area contributed by atoms with Gasteiger partial charge < -0.3 is 4.57 Å². The quantitative estimate of drug-likeness (QED) is 0.777.